The number of anilines is 1. The molecule has 0 unspecified atom stereocenters. The number of hydrogen-bond donors (Lipinski definition) is 2. The van der Waals surface area contributed by atoms with Gasteiger partial charge in [0.05, 0.1) is 28.3 Å². The summed E-state index contributed by atoms with van der Waals surface area (Å²) in [7, 11) is -1.31. The van der Waals surface area contributed by atoms with Gasteiger partial charge in [-0.2, -0.15) is 0 Å². The lowest BCUT2D eigenvalue weighted by Crippen LogP contribution is -2.35. The van der Waals surface area contributed by atoms with Crippen molar-refractivity contribution in [2.24, 2.45) is 5.92 Å². The molecule has 0 saturated carbocycles. The number of alkyl carbamates (subject to hydrolysis) is 1. The highest BCUT2D eigenvalue weighted by atomic mass is 28.3. The number of aromatic nitrogens is 2. The zero-order chi connectivity index (χ0) is 29.0. The molecule has 2 aromatic rings. The molecule has 11 nitrogen and oxygen atoms in total. The Labute approximate surface area is 230 Å². The Morgan fingerprint density at radius 2 is 2.03 bits per heavy atom. The molecule has 0 aliphatic carbocycles. The number of nitrogens with one attached hydrogen (secondary N) is 2. The molecule has 1 aromatic heterocycles. The van der Waals surface area contributed by atoms with Gasteiger partial charge in [0.2, 0.25) is 5.91 Å². The van der Waals surface area contributed by atoms with E-state index < -0.39 is 36.7 Å². The second-order valence-electron chi connectivity index (χ2n) is 11.9. The fourth-order valence-corrected chi connectivity index (χ4v) is 4.62. The van der Waals surface area contributed by atoms with Gasteiger partial charge in [-0.25, -0.2) is 9.78 Å². The van der Waals surface area contributed by atoms with E-state index in [1.54, 1.807) is 50.6 Å². The van der Waals surface area contributed by atoms with Crippen molar-refractivity contribution in [3.63, 3.8) is 0 Å². The van der Waals surface area contributed by atoms with E-state index in [2.05, 4.69) is 30.3 Å². The first-order valence-corrected chi connectivity index (χ1v) is 16.7. The highest BCUT2D eigenvalue weighted by Crippen LogP contribution is 2.33. The van der Waals surface area contributed by atoms with Gasteiger partial charge in [-0.15, -0.1) is 0 Å². The number of hydrogen-bond acceptors (Lipinski definition) is 7. The fourth-order valence-electron chi connectivity index (χ4n) is 3.86. The highest BCUT2D eigenvalue weighted by Gasteiger charge is 2.26. The van der Waals surface area contributed by atoms with Gasteiger partial charge >= 0.3 is 6.09 Å². The number of fused-ring (bicyclic) bond motifs is 4. The maximum absolute atomic E-state index is 13.0. The highest BCUT2D eigenvalue weighted by molar-refractivity contribution is 6.76. The Morgan fingerprint density at radius 3 is 2.67 bits per heavy atom. The van der Waals surface area contributed by atoms with Crippen LogP contribution in [0.4, 0.5) is 16.2 Å². The Bertz CT molecular complexity index is 1240. The van der Waals surface area contributed by atoms with Crippen molar-refractivity contribution in [2.75, 3.05) is 11.9 Å². The lowest BCUT2D eigenvalue weighted by Gasteiger charge is -2.22. The van der Waals surface area contributed by atoms with E-state index in [9.17, 15) is 19.7 Å². The summed E-state index contributed by atoms with van der Waals surface area (Å²) >= 11 is 0. The van der Waals surface area contributed by atoms with Crippen LogP contribution in [0.5, 0.6) is 0 Å². The zero-order valence-electron chi connectivity index (χ0n) is 23.7. The molecule has 2 atom stereocenters. The number of benzene rings is 1. The summed E-state index contributed by atoms with van der Waals surface area (Å²) < 4.78 is 13.3. The summed E-state index contributed by atoms with van der Waals surface area (Å²) in [5, 5.41) is 17.2. The van der Waals surface area contributed by atoms with E-state index in [0.29, 0.717) is 30.1 Å². The first-order valence-electron chi connectivity index (χ1n) is 13.0. The van der Waals surface area contributed by atoms with E-state index in [-0.39, 0.29) is 24.0 Å². The summed E-state index contributed by atoms with van der Waals surface area (Å²) in [6.07, 6.45) is 5.13. The minimum absolute atomic E-state index is 0.154. The number of rotatable bonds is 7. The van der Waals surface area contributed by atoms with Crippen LogP contribution in [0.15, 0.2) is 36.5 Å². The molecular weight excluding hydrogens is 518 g/mol. The van der Waals surface area contributed by atoms with Gasteiger partial charge in [0.1, 0.15) is 18.2 Å². The number of imidazole rings is 1. The van der Waals surface area contributed by atoms with Crippen molar-refractivity contribution < 1.29 is 24.0 Å². The third kappa shape index (κ3) is 8.75. The molecule has 0 fully saturated rings. The van der Waals surface area contributed by atoms with Gasteiger partial charge in [0, 0.05) is 38.6 Å². The van der Waals surface area contributed by atoms with Crippen LogP contribution < -0.4 is 10.6 Å². The largest absolute Gasteiger partial charge is 0.444 e. The Kier molecular flexibility index (Phi) is 9.33. The van der Waals surface area contributed by atoms with Gasteiger partial charge in [-0.3, -0.25) is 14.9 Å². The molecule has 0 saturated heterocycles. The fraction of sp³-hybridized carbons (Fsp3) is 0.519. The van der Waals surface area contributed by atoms with Crippen molar-refractivity contribution in [2.45, 2.75) is 78.2 Å². The molecule has 2 heterocycles. The van der Waals surface area contributed by atoms with Crippen LogP contribution in [0.1, 0.15) is 45.9 Å². The van der Waals surface area contributed by atoms with Gasteiger partial charge in [0.15, 0.2) is 0 Å². The number of nitro groups is 1. The maximum Gasteiger partial charge on any atom is 0.408 e. The standard InChI is InChI=1S/C27H39N5O6Si/c1-18-9-8-10-21(30-26(34)38-27(2,3)4)23-16-31(17-37-13-14-39(5,6)7)24(28-23)20-12-11-19(32(35)36)15-22(20)29-25(18)33/h8-9,11-12,15-16,18,21H,10,13-14,17H2,1-7H3,(H,29,33)(H,30,34)/b9-8+/t18-,21+/m1/s1. The van der Waals surface area contributed by atoms with E-state index in [0.717, 1.165) is 6.04 Å². The number of carbonyl (C=O) groups excluding carboxylic acids is 2. The molecule has 0 spiro atoms. The lowest BCUT2D eigenvalue weighted by molar-refractivity contribution is -0.384. The van der Waals surface area contributed by atoms with E-state index in [1.807, 2.05) is 6.08 Å². The topological polar surface area (TPSA) is 138 Å². The first-order chi connectivity index (χ1) is 18.1. The molecule has 2 N–H and O–H groups in total. The van der Waals surface area contributed by atoms with Gasteiger partial charge in [-0.1, -0.05) is 38.7 Å². The molecule has 1 aliphatic rings. The Morgan fingerprint density at radius 1 is 1.31 bits per heavy atom. The number of nitro benzene ring substituents is 1. The molecule has 2 amide bonds. The predicted molar refractivity (Wildman–Crippen MR) is 152 cm³/mol. The smallest absolute Gasteiger partial charge is 0.408 e. The van der Waals surface area contributed by atoms with Crippen molar-refractivity contribution in [3.05, 3.63) is 52.4 Å². The van der Waals surface area contributed by atoms with Crippen molar-refractivity contribution >= 4 is 31.4 Å². The molecule has 212 valence electrons. The third-order valence-corrected chi connectivity index (χ3v) is 7.70. The zero-order valence-corrected chi connectivity index (χ0v) is 24.7. The lowest BCUT2D eigenvalue weighted by atomic mass is 10.1. The minimum atomic E-state index is -1.31. The SMILES string of the molecule is C[C@@H]1/C=C/C[C@H](NC(=O)OC(C)(C)C)c2cn(COCC[Si](C)(C)C)c(n2)-c2ccc([N+](=O)[O-])cc2NC1=O. The Balaban J connectivity index is 2.09. The quantitative estimate of drug-likeness (QED) is 0.143. The second kappa shape index (κ2) is 12.1. The van der Waals surface area contributed by atoms with Gasteiger partial charge in [-0.05, 0) is 39.3 Å². The molecule has 2 bridgehead atoms. The summed E-state index contributed by atoms with van der Waals surface area (Å²) in [6.45, 7) is 14.7. The molecule has 3 rings (SSSR count). The molecule has 12 heteroatoms. The van der Waals surface area contributed by atoms with Gasteiger partial charge in [0.25, 0.3) is 5.69 Å². The normalized spacial score (nSPS) is 18.7. The second-order valence-corrected chi connectivity index (χ2v) is 17.6. The summed E-state index contributed by atoms with van der Waals surface area (Å²) in [5.41, 5.74) is 0.506. The van der Waals surface area contributed by atoms with Crippen LogP contribution >= 0.6 is 0 Å². The summed E-state index contributed by atoms with van der Waals surface area (Å²) in [4.78, 5) is 41.5. The van der Waals surface area contributed by atoms with E-state index >= 15 is 0 Å². The number of nitrogens with zero attached hydrogens (tertiary/aromatic N) is 3. The van der Waals surface area contributed by atoms with Crippen molar-refractivity contribution in [1.29, 1.82) is 0 Å². The molecule has 0 radical (unpaired) electrons. The van der Waals surface area contributed by atoms with Crippen molar-refractivity contribution in [1.82, 2.24) is 14.9 Å². The number of non-ortho nitro benzene ring substituents is 1. The average molecular weight is 558 g/mol. The average Bonchev–Trinajstić information content (AvgIpc) is 3.22. The van der Waals surface area contributed by atoms with Crippen LogP contribution in [0, 0.1) is 16.0 Å². The summed E-state index contributed by atoms with van der Waals surface area (Å²) in [6, 6.07) is 4.71. The van der Waals surface area contributed by atoms with E-state index in [1.165, 1.54) is 12.1 Å². The predicted octanol–water partition coefficient (Wildman–Crippen LogP) is 5.87. The van der Waals surface area contributed by atoms with E-state index in [4.69, 9.17) is 14.5 Å². The number of carbonyl (C=O) groups is 2. The molecule has 1 aromatic carbocycles. The van der Waals surface area contributed by atoms with Crippen LogP contribution in [-0.2, 0) is 21.0 Å². The van der Waals surface area contributed by atoms with Gasteiger partial charge < -0.3 is 24.7 Å². The van der Waals surface area contributed by atoms with Crippen LogP contribution in [0.25, 0.3) is 11.4 Å². The van der Waals surface area contributed by atoms with Crippen LogP contribution in [0.3, 0.4) is 0 Å². The first kappa shape index (κ1) is 30.0. The monoisotopic (exact) mass is 557 g/mol. The molecule has 1 aliphatic heterocycles. The molecular formula is C27H39N5O6Si. The summed E-state index contributed by atoms with van der Waals surface area (Å²) in [5.74, 6) is -0.389. The number of ether oxygens (including phenoxy) is 2. The number of amides is 2. The van der Waals surface area contributed by atoms with Crippen LogP contribution in [0.2, 0.25) is 25.7 Å². The third-order valence-electron chi connectivity index (χ3n) is 5.99. The minimum Gasteiger partial charge on any atom is -0.444 e. The maximum atomic E-state index is 13.0. The van der Waals surface area contributed by atoms with Crippen LogP contribution in [-0.4, -0.2) is 46.8 Å². The van der Waals surface area contributed by atoms with Crippen molar-refractivity contribution in [3.8, 4) is 11.4 Å². The molecule has 39 heavy (non-hydrogen) atoms. The Hall–Kier alpha value is -3.51.